The van der Waals surface area contributed by atoms with Gasteiger partial charge in [0.15, 0.2) is 0 Å². The fourth-order valence-electron chi connectivity index (χ4n) is 7.69. The molecule has 1 N–H and O–H groups in total. The van der Waals surface area contributed by atoms with Crippen LogP contribution in [0.4, 0.5) is 11.4 Å². The molecule has 0 radical (unpaired) electrons. The summed E-state index contributed by atoms with van der Waals surface area (Å²) in [6.45, 7) is 2.47. The van der Waals surface area contributed by atoms with Crippen molar-refractivity contribution in [2.24, 2.45) is 17.8 Å². The van der Waals surface area contributed by atoms with E-state index in [9.17, 15) is 0 Å². The zero-order valence-corrected chi connectivity index (χ0v) is 20.4. The molecular weight excluding hydrogens is 434 g/mol. The number of anilines is 2. The van der Waals surface area contributed by atoms with Gasteiger partial charge in [0.05, 0.1) is 0 Å². The second-order valence-electron chi connectivity index (χ2n) is 11.0. The van der Waals surface area contributed by atoms with Crippen LogP contribution in [0.5, 0.6) is 0 Å². The first-order chi connectivity index (χ1) is 16.6. The molecule has 0 saturated heterocycles. The van der Waals surface area contributed by atoms with E-state index in [2.05, 4.69) is 79.0 Å². The molecular formula is C32H30ClN. The minimum Gasteiger partial charge on any atom is -0.355 e. The van der Waals surface area contributed by atoms with Gasteiger partial charge >= 0.3 is 0 Å². The van der Waals surface area contributed by atoms with Gasteiger partial charge in [-0.25, -0.2) is 0 Å². The second-order valence-corrected chi connectivity index (χ2v) is 11.4. The number of fused-ring (bicyclic) bond motifs is 9. The lowest BCUT2D eigenvalue weighted by Crippen LogP contribution is -2.44. The van der Waals surface area contributed by atoms with Crippen molar-refractivity contribution in [1.82, 2.24) is 0 Å². The molecule has 0 aliphatic heterocycles. The van der Waals surface area contributed by atoms with Gasteiger partial charge in [0.2, 0.25) is 0 Å². The molecule has 1 nitrogen and oxygen atoms in total. The van der Waals surface area contributed by atoms with Gasteiger partial charge < -0.3 is 5.32 Å². The average molecular weight is 464 g/mol. The van der Waals surface area contributed by atoms with Crippen molar-refractivity contribution in [3.05, 3.63) is 95.0 Å². The Balaban J connectivity index is 1.33. The van der Waals surface area contributed by atoms with Crippen LogP contribution in [0.25, 0.3) is 21.9 Å². The third kappa shape index (κ3) is 2.99. The van der Waals surface area contributed by atoms with Crippen molar-refractivity contribution in [3.8, 4) is 11.1 Å². The molecule has 1 spiro atoms. The molecule has 2 fully saturated rings. The van der Waals surface area contributed by atoms with E-state index >= 15 is 0 Å². The number of hydrogen-bond donors (Lipinski definition) is 1. The Hall–Kier alpha value is -2.77. The minimum atomic E-state index is 0.168. The van der Waals surface area contributed by atoms with E-state index in [1.54, 1.807) is 11.1 Å². The van der Waals surface area contributed by atoms with Gasteiger partial charge in [-0.15, -0.1) is 0 Å². The van der Waals surface area contributed by atoms with Crippen LogP contribution in [0.15, 0.2) is 78.9 Å². The normalized spacial score (nSPS) is 26.9. The molecule has 2 saturated carbocycles. The van der Waals surface area contributed by atoms with Gasteiger partial charge in [-0.1, -0.05) is 67.1 Å². The topological polar surface area (TPSA) is 12.0 Å². The number of benzene rings is 4. The molecule has 34 heavy (non-hydrogen) atoms. The maximum Gasteiger partial charge on any atom is 0.0485 e. The molecule has 4 atom stereocenters. The summed E-state index contributed by atoms with van der Waals surface area (Å²) in [4.78, 5) is 0. The first-order valence-corrected chi connectivity index (χ1v) is 13.2. The zero-order valence-electron chi connectivity index (χ0n) is 19.7. The number of hydrogen-bond acceptors (Lipinski definition) is 1. The van der Waals surface area contributed by atoms with Crippen LogP contribution in [-0.2, 0) is 5.41 Å². The molecule has 4 aromatic rings. The number of halogens is 1. The standard InChI is InChI=1S/C32H30ClN/c1-20-15-21-13-14-32(23(16-20)17-21)29-7-3-2-6-26(29)27-12-11-25(19-30(27)32)34-24-10-9-22-5-4-8-31(33)28(22)18-24/h2-12,18-21,23,34H,13-17H2,1H3. The molecule has 0 amide bonds. The fraction of sp³-hybridized carbons (Fsp3) is 0.312. The van der Waals surface area contributed by atoms with E-state index in [1.807, 2.05) is 12.1 Å². The highest BCUT2D eigenvalue weighted by atomic mass is 35.5. The lowest BCUT2D eigenvalue weighted by molar-refractivity contribution is 0.0856. The third-order valence-corrected chi connectivity index (χ3v) is 9.33. The predicted octanol–water partition coefficient (Wildman–Crippen LogP) is 9.35. The monoisotopic (exact) mass is 463 g/mol. The summed E-state index contributed by atoms with van der Waals surface area (Å²) in [5.41, 5.74) is 8.45. The molecule has 2 bridgehead atoms. The van der Waals surface area contributed by atoms with Gasteiger partial charge in [-0.05, 0) is 108 Å². The van der Waals surface area contributed by atoms with E-state index in [4.69, 9.17) is 11.6 Å². The molecule has 4 aromatic carbocycles. The molecule has 170 valence electrons. The third-order valence-electron chi connectivity index (χ3n) is 9.00. The first-order valence-electron chi connectivity index (χ1n) is 12.8. The summed E-state index contributed by atoms with van der Waals surface area (Å²) in [6, 6.07) is 28.9. The van der Waals surface area contributed by atoms with E-state index < -0.39 is 0 Å². The molecule has 7 rings (SSSR count). The van der Waals surface area contributed by atoms with Gasteiger partial charge in [0, 0.05) is 27.2 Å². The fourth-order valence-corrected chi connectivity index (χ4v) is 7.92. The quantitative estimate of drug-likeness (QED) is 0.312. The lowest BCUT2D eigenvalue weighted by atomic mass is 9.53. The summed E-state index contributed by atoms with van der Waals surface area (Å²) in [5, 5.41) is 6.77. The van der Waals surface area contributed by atoms with E-state index in [-0.39, 0.29) is 5.41 Å². The number of rotatable bonds is 2. The van der Waals surface area contributed by atoms with Gasteiger partial charge in [0.1, 0.15) is 0 Å². The highest BCUT2D eigenvalue weighted by Gasteiger charge is 2.52. The van der Waals surface area contributed by atoms with Crippen LogP contribution >= 0.6 is 11.6 Å². The zero-order chi connectivity index (χ0) is 22.9. The van der Waals surface area contributed by atoms with E-state index in [1.165, 1.54) is 54.3 Å². The van der Waals surface area contributed by atoms with Gasteiger partial charge in [0.25, 0.3) is 0 Å². The molecule has 0 heterocycles. The Labute approximate surface area is 207 Å². The summed E-state index contributed by atoms with van der Waals surface area (Å²) >= 11 is 6.49. The van der Waals surface area contributed by atoms with Gasteiger partial charge in [-0.2, -0.15) is 0 Å². The summed E-state index contributed by atoms with van der Waals surface area (Å²) in [6.07, 6.45) is 6.81. The van der Waals surface area contributed by atoms with Crippen LogP contribution in [-0.4, -0.2) is 0 Å². The number of nitrogens with one attached hydrogen (secondary N) is 1. The molecule has 3 aliphatic rings. The largest absolute Gasteiger partial charge is 0.355 e. The maximum absolute atomic E-state index is 6.49. The minimum absolute atomic E-state index is 0.168. The van der Waals surface area contributed by atoms with Crippen LogP contribution < -0.4 is 5.32 Å². The maximum atomic E-state index is 6.49. The second kappa shape index (κ2) is 7.62. The molecule has 0 aromatic heterocycles. The smallest absolute Gasteiger partial charge is 0.0485 e. The van der Waals surface area contributed by atoms with Crippen molar-refractivity contribution < 1.29 is 0 Å². The van der Waals surface area contributed by atoms with Crippen molar-refractivity contribution in [3.63, 3.8) is 0 Å². The molecule has 3 aliphatic carbocycles. The Morgan fingerprint density at radius 1 is 0.794 bits per heavy atom. The Morgan fingerprint density at radius 3 is 2.56 bits per heavy atom. The summed E-state index contributed by atoms with van der Waals surface area (Å²) in [5.74, 6) is 2.49. The predicted molar refractivity (Wildman–Crippen MR) is 144 cm³/mol. The SMILES string of the molecule is CC1CC2CCC3(c4ccccc4-c4ccc(Nc5ccc6cccc(Cl)c6c5)cc43)C(C1)C2. The first kappa shape index (κ1) is 20.6. The van der Waals surface area contributed by atoms with E-state index in [0.29, 0.717) is 0 Å². The summed E-state index contributed by atoms with van der Waals surface area (Å²) in [7, 11) is 0. The lowest BCUT2D eigenvalue weighted by Gasteiger charge is -2.50. The van der Waals surface area contributed by atoms with Crippen molar-refractivity contribution in [2.75, 3.05) is 5.32 Å². The van der Waals surface area contributed by atoms with Crippen LogP contribution in [0.3, 0.4) is 0 Å². The van der Waals surface area contributed by atoms with Crippen LogP contribution in [0, 0.1) is 17.8 Å². The Morgan fingerprint density at radius 2 is 1.62 bits per heavy atom. The molecule has 4 unspecified atom stereocenters. The average Bonchev–Trinajstić information content (AvgIpc) is 3.12. The Bertz CT molecular complexity index is 1420. The van der Waals surface area contributed by atoms with Crippen LogP contribution in [0.1, 0.15) is 50.2 Å². The van der Waals surface area contributed by atoms with Crippen LogP contribution in [0.2, 0.25) is 5.02 Å². The highest BCUT2D eigenvalue weighted by Crippen LogP contribution is 2.62. The van der Waals surface area contributed by atoms with Crippen molar-refractivity contribution >= 4 is 33.7 Å². The molecule has 2 heteroatoms. The summed E-state index contributed by atoms with van der Waals surface area (Å²) < 4.78 is 0. The highest BCUT2D eigenvalue weighted by molar-refractivity contribution is 6.35. The van der Waals surface area contributed by atoms with Crippen molar-refractivity contribution in [2.45, 2.75) is 44.4 Å². The van der Waals surface area contributed by atoms with Crippen molar-refractivity contribution in [1.29, 1.82) is 0 Å². The van der Waals surface area contributed by atoms with E-state index in [0.717, 1.165) is 33.8 Å². The van der Waals surface area contributed by atoms with Gasteiger partial charge in [-0.3, -0.25) is 0 Å². The Kier molecular flexibility index (Phi) is 4.61.